The van der Waals surface area contributed by atoms with Gasteiger partial charge >= 0.3 is 0 Å². The molecule has 5 rings (SSSR count). The highest BCUT2D eigenvalue weighted by molar-refractivity contribution is 7.14. The molecule has 0 saturated carbocycles. The SMILES string of the molecule is COc1ccc(-c2csc(N3COc4ccc5cc(OC)ccc5c4C3)n2)cc1. The maximum Gasteiger partial charge on any atom is 0.188 e. The van der Waals surface area contributed by atoms with E-state index in [2.05, 4.69) is 28.5 Å². The van der Waals surface area contributed by atoms with E-state index in [-0.39, 0.29) is 0 Å². The van der Waals surface area contributed by atoms with E-state index in [9.17, 15) is 0 Å². The molecule has 2 heterocycles. The summed E-state index contributed by atoms with van der Waals surface area (Å²) in [6, 6.07) is 18.2. The van der Waals surface area contributed by atoms with Crippen LogP contribution in [0.4, 0.5) is 5.13 Å². The summed E-state index contributed by atoms with van der Waals surface area (Å²) >= 11 is 1.63. The number of aromatic nitrogens is 1. The van der Waals surface area contributed by atoms with Gasteiger partial charge in [-0.15, -0.1) is 11.3 Å². The zero-order valence-corrected chi connectivity index (χ0v) is 17.0. The number of nitrogens with zero attached hydrogens (tertiary/aromatic N) is 2. The molecule has 0 amide bonds. The van der Waals surface area contributed by atoms with Crippen molar-refractivity contribution in [3.05, 3.63) is 65.5 Å². The lowest BCUT2D eigenvalue weighted by Crippen LogP contribution is -2.31. The first kappa shape index (κ1) is 17.8. The van der Waals surface area contributed by atoms with E-state index in [1.165, 1.54) is 10.9 Å². The second kappa shape index (κ2) is 7.29. The number of ether oxygens (including phenoxy) is 3. The Balaban J connectivity index is 1.44. The Hall–Kier alpha value is -3.25. The van der Waals surface area contributed by atoms with Gasteiger partial charge in [0.1, 0.15) is 17.2 Å². The van der Waals surface area contributed by atoms with E-state index in [0.717, 1.165) is 45.6 Å². The zero-order valence-electron chi connectivity index (χ0n) is 16.2. The lowest BCUT2D eigenvalue weighted by Gasteiger charge is -2.29. The standard InChI is InChI=1S/C23H20N2O3S/c1-26-17-6-3-15(4-7-17)21-13-29-23(24-21)25-12-20-19-9-8-18(27-2)11-16(19)5-10-22(20)28-14-25/h3-11,13H,12,14H2,1-2H3. The molecule has 1 aliphatic heterocycles. The molecule has 5 nitrogen and oxygen atoms in total. The van der Waals surface area contributed by atoms with Gasteiger partial charge in [0, 0.05) is 16.5 Å². The molecule has 0 bridgehead atoms. The molecule has 146 valence electrons. The summed E-state index contributed by atoms with van der Waals surface area (Å²) in [5.74, 6) is 2.63. The van der Waals surface area contributed by atoms with Crippen molar-refractivity contribution in [1.29, 1.82) is 0 Å². The highest BCUT2D eigenvalue weighted by atomic mass is 32.1. The third-order valence-corrected chi connectivity index (χ3v) is 6.07. The predicted octanol–water partition coefficient (Wildman–Crippen LogP) is 5.34. The van der Waals surface area contributed by atoms with Gasteiger partial charge in [0.25, 0.3) is 0 Å². The molecule has 0 spiro atoms. The van der Waals surface area contributed by atoms with Crippen LogP contribution in [0.3, 0.4) is 0 Å². The fourth-order valence-corrected chi connectivity index (χ4v) is 4.41. The van der Waals surface area contributed by atoms with Gasteiger partial charge in [0.05, 0.1) is 26.5 Å². The van der Waals surface area contributed by atoms with Crippen molar-refractivity contribution in [3.63, 3.8) is 0 Å². The quantitative estimate of drug-likeness (QED) is 0.460. The highest BCUT2D eigenvalue weighted by Crippen LogP contribution is 2.37. The van der Waals surface area contributed by atoms with Crippen molar-refractivity contribution in [3.8, 4) is 28.5 Å². The summed E-state index contributed by atoms with van der Waals surface area (Å²) in [6.45, 7) is 1.25. The normalized spacial score (nSPS) is 13.1. The maximum absolute atomic E-state index is 6.05. The fourth-order valence-electron chi connectivity index (χ4n) is 3.59. The molecule has 0 saturated heterocycles. The van der Waals surface area contributed by atoms with Crippen LogP contribution < -0.4 is 19.1 Å². The Morgan fingerprint density at radius 3 is 2.55 bits per heavy atom. The van der Waals surface area contributed by atoms with Gasteiger partial charge in [-0.25, -0.2) is 4.98 Å². The van der Waals surface area contributed by atoms with Crippen LogP contribution in [0.1, 0.15) is 5.56 Å². The van der Waals surface area contributed by atoms with Crippen LogP contribution in [-0.2, 0) is 6.54 Å². The van der Waals surface area contributed by atoms with Crippen molar-refractivity contribution >= 4 is 27.2 Å². The summed E-state index contributed by atoms with van der Waals surface area (Å²) in [5.41, 5.74) is 3.21. The van der Waals surface area contributed by atoms with Crippen LogP contribution >= 0.6 is 11.3 Å². The number of rotatable bonds is 4. The Kier molecular flexibility index (Phi) is 4.48. The molecule has 6 heteroatoms. The minimum atomic E-state index is 0.490. The zero-order chi connectivity index (χ0) is 19.8. The van der Waals surface area contributed by atoms with Gasteiger partial charge in [0.2, 0.25) is 0 Å². The lowest BCUT2D eigenvalue weighted by atomic mass is 10.0. The Bertz CT molecular complexity index is 1170. The molecule has 0 N–H and O–H groups in total. The summed E-state index contributed by atoms with van der Waals surface area (Å²) in [5, 5.41) is 5.36. The van der Waals surface area contributed by atoms with Crippen LogP contribution in [0.2, 0.25) is 0 Å². The topological polar surface area (TPSA) is 43.8 Å². The van der Waals surface area contributed by atoms with Crippen LogP contribution in [0.15, 0.2) is 60.0 Å². The molecule has 1 aliphatic rings. The van der Waals surface area contributed by atoms with Crippen molar-refractivity contribution in [2.45, 2.75) is 6.54 Å². The molecule has 0 radical (unpaired) electrons. The van der Waals surface area contributed by atoms with Crippen molar-refractivity contribution < 1.29 is 14.2 Å². The average Bonchev–Trinajstić information content (AvgIpc) is 3.28. The fraction of sp³-hybridized carbons (Fsp3) is 0.174. The van der Waals surface area contributed by atoms with Gasteiger partial charge in [0.15, 0.2) is 11.9 Å². The predicted molar refractivity (Wildman–Crippen MR) is 116 cm³/mol. The van der Waals surface area contributed by atoms with Gasteiger partial charge < -0.3 is 19.1 Å². The van der Waals surface area contributed by atoms with Crippen LogP contribution in [0.5, 0.6) is 17.2 Å². The Morgan fingerprint density at radius 1 is 0.966 bits per heavy atom. The van der Waals surface area contributed by atoms with Crippen LogP contribution in [0, 0.1) is 0 Å². The van der Waals surface area contributed by atoms with E-state index in [1.54, 1.807) is 25.6 Å². The first-order valence-corrected chi connectivity index (χ1v) is 10.2. The molecule has 1 aromatic heterocycles. The minimum absolute atomic E-state index is 0.490. The third kappa shape index (κ3) is 3.25. The second-order valence-electron chi connectivity index (χ2n) is 6.84. The van der Waals surface area contributed by atoms with Crippen molar-refractivity contribution in [1.82, 2.24) is 4.98 Å². The first-order valence-electron chi connectivity index (χ1n) is 9.32. The van der Waals surface area contributed by atoms with E-state index in [0.29, 0.717) is 6.73 Å². The largest absolute Gasteiger partial charge is 0.497 e. The molecular weight excluding hydrogens is 384 g/mol. The molecule has 29 heavy (non-hydrogen) atoms. The monoisotopic (exact) mass is 404 g/mol. The average molecular weight is 404 g/mol. The van der Waals surface area contributed by atoms with E-state index in [4.69, 9.17) is 19.2 Å². The molecular formula is C23H20N2O3S. The van der Waals surface area contributed by atoms with Gasteiger partial charge in [-0.05, 0) is 53.2 Å². The molecule has 0 fully saturated rings. The Morgan fingerprint density at radius 2 is 1.76 bits per heavy atom. The van der Waals surface area contributed by atoms with E-state index in [1.807, 2.05) is 36.4 Å². The van der Waals surface area contributed by atoms with Crippen molar-refractivity contribution in [2.24, 2.45) is 0 Å². The summed E-state index contributed by atoms with van der Waals surface area (Å²) in [7, 11) is 3.36. The first-order chi connectivity index (χ1) is 14.2. The molecule has 0 atom stereocenters. The van der Waals surface area contributed by atoms with Gasteiger partial charge in [-0.2, -0.15) is 0 Å². The minimum Gasteiger partial charge on any atom is -0.497 e. The van der Waals surface area contributed by atoms with Crippen LogP contribution in [-0.4, -0.2) is 25.9 Å². The number of thiazole rings is 1. The number of fused-ring (bicyclic) bond motifs is 3. The van der Waals surface area contributed by atoms with E-state index < -0.39 is 0 Å². The third-order valence-electron chi connectivity index (χ3n) is 5.17. The number of hydrogen-bond donors (Lipinski definition) is 0. The highest BCUT2D eigenvalue weighted by Gasteiger charge is 2.22. The number of anilines is 1. The Labute approximate surface area is 173 Å². The molecule has 3 aromatic carbocycles. The summed E-state index contributed by atoms with van der Waals surface area (Å²) in [6.07, 6.45) is 0. The number of hydrogen-bond acceptors (Lipinski definition) is 6. The summed E-state index contributed by atoms with van der Waals surface area (Å²) < 4.78 is 16.6. The molecule has 0 aliphatic carbocycles. The summed E-state index contributed by atoms with van der Waals surface area (Å²) in [4.78, 5) is 7.01. The van der Waals surface area contributed by atoms with Crippen molar-refractivity contribution in [2.75, 3.05) is 25.9 Å². The van der Waals surface area contributed by atoms with Gasteiger partial charge in [-0.1, -0.05) is 12.1 Å². The molecule has 4 aromatic rings. The molecule has 0 unspecified atom stereocenters. The lowest BCUT2D eigenvalue weighted by molar-refractivity contribution is 0.290. The van der Waals surface area contributed by atoms with E-state index >= 15 is 0 Å². The second-order valence-corrected chi connectivity index (χ2v) is 7.68. The number of benzene rings is 3. The smallest absolute Gasteiger partial charge is 0.188 e. The maximum atomic E-state index is 6.05. The van der Waals surface area contributed by atoms with Gasteiger partial charge in [-0.3, -0.25) is 0 Å². The number of methoxy groups -OCH3 is 2. The van der Waals surface area contributed by atoms with Crippen LogP contribution in [0.25, 0.3) is 22.0 Å².